The van der Waals surface area contributed by atoms with E-state index in [1.807, 2.05) is 45.4 Å². The zero-order chi connectivity index (χ0) is 45.1. The van der Waals surface area contributed by atoms with Crippen LogP contribution in [0.15, 0.2) is 48.6 Å². The van der Waals surface area contributed by atoms with Crippen LogP contribution in [0.5, 0.6) is 0 Å². The molecule has 0 aliphatic heterocycles. The molecule has 0 amide bonds. The zero-order valence-corrected chi connectivity index (χ0v) is 40.5. The fraction of sp³-hybridized carbons (Fsp3) is 0.780. The summed E-state index contributed by atoms with van der Waals surface area (Å²) in [6, 6.07) is 0. The predicted molar refractivity (Wildman–Crippen MR) is 250 cm³/mol. The van der Waals surface area contributed by atoms with Gasteiger partial charge in [-0.2, -0.15) is 0 Å². The topological polar surface area (TPSA) is 128 Å². The second-order valence-corrected chi connectivity index (χ2v) is 18.9. The van der Waals surface area contributed by atoms with Crippen LogP contribution in [0.1, 0.15) is 200 Å². The fourth-order valence-electron chi connectivity index (χ4n) is 6.49. The lowest BCUT2D eigenvalue weighted by Crippen LogP contribution is -2.37. The first-order valence-corrected chi connectivity index (χ1v) is 25.8. The van der Waals surface area contributed by atoms with Gasteiger partial charge in [-0.1, -0.05) is 185 Å². The van der Waals surface area contributed by atoms with Gasteiger partial charge in [-0.15, -0.1) is 0 Å². The number of hydrogen-bond donors (Lipinski definition) is 0. The molecule has 0 radical (unpaired) electrons. The van der Waals surface area contributed by atoms with E-state index in [1.165, 1.54) is 96.3 Å². The third-order valence-corrected chi connectivity index (χ3v) is 11.3. The quantitative estimate of drug-likeness (QED) is 0.0112. The van der Waals surface area contributed by atoms with Gasteiger partial charge in [0.05, 0.1) is 27.7 Å². The number of phosphoric acid groups is 1. The molecule has 0 fully saturated rings. The SMILES string of the molecule is CCCCCCCCCCCCCCCCCCCCCC(=O)O[C@H](COC(=O)CCC/C=C\C/C=C\C/C=C\C=C\C(=O)CCCCC)COP(=O)([O-])OCC[N+](C)(C)C. The molecule has 0 rings (SSSR count). The number of ether oxygens (including phenoxy) is 2. The van der Waals surface area contributed by atoms with Gasteiger partial charge in [-0.25, -0.2) is 0 Å². The number of hydrogen-bond acceptors (Lipinski definition) is 9. The van der Waals surface area contributed by atoms with Crippen molar-refractivity contribution in [1.82, 2.24) is 0 Å². The van der Waals surface area contributed by atoms with E-state index >= 15 is 0 Å². The monoisotopic (exact) mass is 880 g/mol. The van der Waals surface area contributed by atoms with E-state index in [0.717, 1.165) is 51.4 Å². The lowest BCUT2D eigenvalue weighted by Gasteiger charge is -2.28. The summed E-state index contributed by atoms with van der Waals surface area (Å²) in [5, 5.41) is 0. The molecule has 0 saturated carbocycles. The molecule has 0 saturated heterocycles. The molecule has 1 unspecified atom stereocenters. The van der Waals surface area contributed by atoms with E-state index in [-0.39, 0.29) is 31.8 Å². The molecule has 354 valence electrons. The van der Waals surface area contributed by atoms with Crippen molar-refractivity contribution in [3.05, 3.63) is 48.6 Å². The van der Waals surface area contributed by atoms with E-state index in [2.05, 4.69) is 26.0 Å². The Balaban J connectivity index is 4.40. The highest BCUT2D eigenvalue weighted by molar-refractivity contribution is 7.45. The summed E-state index contributed by atoms with van der Waals surface area (Å²) < 4.78 is 33.9. The van der Waals surface area contributed by atoms with Gasteiger partial charge < -0.3 is 27.9 Å². The van der Waals surface area contributed by atoms with Crippen LogP contribution in [0.2, 0.25) is 0 Å². The zero-order valence-electron chi connectivity index (χ0n) is 39.6. The minimum Gasteiger partial charge on any atom is -0.756 e. The number of carbonyl (C=O) groups excluding carboxylic acids is 3. The molecular formula is C50H90NO9P. The van der Waals surface area contributed by atoms with Crippen LogP contribution in [0.25, 0.3) is 0 Å². The van der Waals surface area contributed by atoms with Crippen molar-refractivity contribution in [2.75, 3.05) is 47.5 Å². The maximum atomic E-state index is 12.7. The van der Waals surface area contributed by atoms with Crippen molar-refractivity contribution in [2.45, 2.75) is 206 Å². The maximum absolute atomic E-state index is 12.7. The molecule has 0 aliphatic rings. The van der Waals surface area contributed by atoms with Gasteiger partial charge in [0.1, 0.15) is 19.8 Å². The maximum Gasteiger partial charge on any atom is 0.306 e. The van der Waals surface area contributed by atoms with Gasteiger partial charge in [0.25, 0.3) is 7.82 Å². The summed E-state index contributed by atoms with van der Waals surface area (Å²) in [4.78, 5) is 49.4. The summed E-state index contributed by atoms with van der Waals surface area (Å²) in [5.41, 5.74) is 0. The van der Waals surface area contributed by atoms with Crippen LogP contribution in [0.3, 0.4) is 0 Å². The van der Waals surface area contributed by atoms with Gasteiger partial charge in [-0.05, 0) is 44.6 Å². The minimum atomic E-state index is -4.65. The van der Waals surface area contributed by atoms with Crippen molar-refractivity contribution in [1.29, 1.82) is 0 Å². The Morgan fingerprint density at radius 2 is 1.03 bits per heavy atom. The molecule has 0 aliphatic carbocycles. The van der Waals surface area contributed by atoms with Crippen LogP contribution in [-0.2, 0) is 37.5 Å². The van der Waals surface area contributed by atoms with Crippen LogP contribution in [-0.4, -0.2) is 75.8 Å². The number of allylic oxidation sites excluding steroid dienone is 8. The van der Waals surface area contributed by atoms with E-state index in [4.69, 9.17) is 18.5 Å². The number of phosphoric ester groups is 1. The predicted octanol–water partition coefficient (Wildman–Crippen LogP) is 12.8. The Bertz CT molecular complexity index is 1240. The first-order valence-electron chi connectivity index (χ1n) is 24.3. The molecule has 0 spiro atoms. The van der Waals surface area contributed by atoms with Gasteiger partial charge in [0.2, 0.25) is 0 Å². The summed E-state index contributed by atoms with van der Waals surface area (Å²) in [5.74, 6) is -0.759. The Labute approximate surface area is 373 Å². The fourth-order valence-corrected chi connectivity index (χ4v) is 7.21. The first-order chi connectivity index (χ1) is 29.4. The van der Waals surface area contributed by atoms with Gasteiger partial charge in [-0.3, -0.25) is 18.9 Å². The standard InChI is InChI=1S/C50H90NO9P/c1-6-8-10-11-12-13-14-15-16-17-18-19-20-21-24-28-31-34-38-42-50(54)60-48(46-59-61(55,56)58-44-43-51(3,4)5)45-57-49(53)41-37-33-30-27-25-22-23-26-29-32-36-40-47(52)39-35-9-7-2/h22-23,27,29-30,32,36,40,48H,6-21,24-26,28,31,33-35,37-39,41-46H2,1-5H3/b23-22-,30-27-,32-29-,40-36+/t48-/m1/s1. The number of quaternary nitrogens is 1. The van der Waals surface area contributed by atoms with Crippen molar-refractivity contribution in [2.24, 2.45) is 0 Å². The number of nitrogens with zero attached hydrogens (tertiary/aromatic N) is 1. The molecule has 0 heterocycles. The summed E-state index contributed by atoms with van der Waals surface area (Å²) in [6.07, 6.45) is 45.6. The number of likely N-dealkylation sites (N-methyl/N-ethyl adjacent to an activating group) is 1. The molecule has 2 atom stereocenters. The average Bonchev–Trinajstić information content (AvgIpc) is 3.21. The first kappa shape index (κ1) is 58.6. The third-order valence-electron chi connectivity index (χ3n) is 10.3. The highest BCUT2D eigenvalue weighted by Gasteiger charge is 2.21. The molecule has 11 heteroatoms. The molecule has 0 aromatic carbocycles. The Hall–Kier alpha value is -2.36. The van der Waals surface area contributed by atoms with Crippen molar-refractivity contribution >= 4 is 25.5 Å². The van der Waals surface area contributed by atoms with Crippen LogP contribution < -0.4 is 4.89 Å². The molecule has 0 aromatic rings. The highest BCUT2D eigenvalue weighted by Crippen LogP contribution is 2.38. The van der Waals surface area contributed by atoms with E-state index in [0.29, 0.717) is 36.7 Å². The normalized spacial score (nSPS) is 13.8. The molecule has 0 bridgehead atoms. The summed E-state index contributed by atoms with van der Waals surface area (Å²) >= 11 is 0. The van der Waals surface area contributed by atoms with Crippen molar-refractivity contribution in [3.8, 4) is 0 Å². The number of rotatable bonds is 44. The lowest BCUT2D eigenvalue weighted by molar-refractivity contribution is -0.870. The third kappa shape index (κ3) is 45.5. The second kappa shape index (κ2) is 41.6. The molecule has 0 N–H and O–H groups in total. The largest absolute Gasteiger partial charge is 0.756 e. The average molecular weight is 880 g/mol. The Morgan fingerprint density at radius 3 is 1.59 bits per heavy atom. The van der Waals surface area contributed by atoms with Gasteiger partial charge in [0.15, 0.2) is 11.9 Å². The molecule has 61 heavy (non-hydrogen) atoms. The van der Waals surface area contributed by atoms with E-state index in [1.54, 1.807) is 12.2 Å². The van der Waals surface area contributed by atoms with Crippen LogP contribution in [0.4, 0.5) is 0 Å². The van der Waals surface area contributed by atoms with Gasteiger partial charge in [0, 0.05) is 19.3 Å². The van der Waals surface area contributed by atoms with E-state index in [9.17, 15) is 23.8 Å². The lowest BCUT2D eigenvalue weighted by atomic mass is 10.0. The Kier molecular flexibility index (Phi) is 40.0. The van der Waals surface area contributed by atoms with E-state index < -0.39 is 32.5 Å². The second-order valence-electron chi connectivity index (χ2n) is 17.5. The molecule has 0 aromatic heterocycles. The molecular weight excluding hydrogens is 790 g/mol. The van der Waals surface area contributed by atoms with Crippen molar-refractivity contribution in [3.63, 3.8) is 0 Å². The number of unbranched alkanes of at least 4 members (excludes halogenated alkanes) is 21. The highest BCUT2D eigenvalue weighted by atomic mass is 31.2. The van der Waals surface area contributed by atoms with Crippen LogP contribution in [0, 0.1) is 0 Å². The Morgan fingerprint density at radius 1 is 0.557 bits per heavy atom. The summed E-state index contributed by atoms with van der Waals surface area (Å²) in [6.45, 7) is 4.00. The van der Waals surface area contributed by atoms with Crippen molar-refractivity contribution < 1.29 is 46.8 Å². The van der Waals surface area contributed by atoms with Crippen LogP contribution >= 0.6 is 7.82 Å². The minimum absolute atomic E-state index is 0.0492. The number of esters is 2. The summed E-state index contributed by atoms with van der Waals surface area (Å²) in [7, 11) is 1.10. The molecule has 10 nitrogen and oxygen atoms in total. The number of carbonyl (C=O) groups is 3. The smallest absolute Gasteiger partial charge is 0.306 e. The van der Waals surface area contributed by atoms with Gasteiger partial charge >= 0.3 is 11.9 Å². The number of ketones is 1.